The van der Waals surface area contributed by atoms with Gasteiger partial charge in [0.15, 0.2) is 0 Å². The molecule has 0 bridgehead atoms. The second-order valence-electron chi connectivity index (χ2n) is 8.09. The van der Waals surface area contributed by atoms with Crippen LogP contribution in [0.15, 0.2) is 24.3 Å². The molecule has 1 N–H and O–H groups in total. The normalized spacial score (nSPS) is 20.2. The van der Waals surface area contributed by atoms with E-state index in [4.69, 9.17) is 4.74 Å². The quantitative estimate of drug-likeness (QED) is 0.740. The van der Waals surface area contributed by atoms with Gasteiger partial charge in [0.2, 0.25) is 5.91 Å². The lowest BCUT2D eigenvalue weighted by atomic mass is 9.79. The van der Waals surface area contributed by atoms with Gasteiger partial charge in [-0.2, -0.15) is 0 Å². The maximum absolute atomic E-state index is 13.4. The predicted octanol–water partition coefficient (Wildman–Crippen LogP) is 2.80. The zero-order valence-electron chi connectivity index (χ0n) is 17.1. The van der Waals surface area contributed by atoms with E-state index in [9.17, 15) is 9.18 Å². The highest BCUT2D eigenvalue weighted by atomic mass is 19.1. The minimum absolute atomic E-state index is 0.0523. The van der Waals surface area contributed by atoms with Crippen molar-refractivity contribution in [1.82, 2.24) is 15.1 Å². The molecular formula is C22H34FN3O2. The topological polar surface area (TPSA) is 44.8 Å². The van der Waals surface area contributed by atoms with E-state index in [-0.39, 0.29) is 17.3 Å². The molecular weight excluding hydrogens is 357 g/mol. The van der Waals surface area contributed by atoms with Crippen LogP contribution in [-0.4, -0.2) is 67.2 Å². The number of carbonyl (C=O) groups is 1. The van der Waals surface area contributed by atoms with E-state index in [2.05, 4.69) is 10.2 Å². The summed E-state index contributed by atoms with van der Waals surface area (Å²) < 4.78 is 18.9. The number of rotatable bonds is 8. The first-order valence-electron chi connectivity index (χ1n) is 10.7. The third-order valence-electron chi connectivity index (χ3n) is 6.19. The molecule has 1 aliphatic carbocycles. The minimum atomic E-state index is -0.234. The minimum Gasteiger partial charge on any atom is -0.379 e. The Morgan fingerprint density at radius 2 is 2.00 bits per heavy atom. The molecule has 6 heteroatoms. The van der Waals surface area contributed by atoms with Crippen LogP contribution in [0.3, 0.4) is 0 Å². The number of carbonyl (C=O) groups excluding carboxylic acids is 1. The Bertz CT molecular complexity index is 628. The Morgan fingerprint density at radius 3 is 2.68 bits per heavy atom. The lowest BCUT2D eigenvalue weighted by Crippen LogP contribution is -2.60. The Hall–Kier alpha value is -1.50. The highest BCUT2D eigenvalue weighted by Gasteiger charge is 2.38. The molecule has 156 valence electrons. The molecule has 1 heterocycles. The number of nitrogens with zero attached hydrogens (tertiary/aromatic N) is 2. The first-order valence-corrected chi connectivity index (χ1v) is 10.7. The van der Waals surface area contributed by atoms with E-state index >= 15 is 0 Å². The van der Waals surface area contributed by atoms with Crippen LogP contribution in [0.2, 0.25) is 0 Å². The summed E-state index contributed by atoms with van der Waals surface area (Å²) >= 11 is 0. The largest absolute Gasteiger partial charge is 0.379 e. The Kier molecular flexibility index (Phi) is 7.82. The summed E-state index contributed by atoms with van der Waals surface area (Å²) in [6, 6.07) is 6.60. The number of morpholine rings is 1. The van der Waals surface area contributed by atoms with Crippen LogP contribution in [0.25, 0.3) is 0 Å². The van der Waals surface area contributed by atoms with Crippen molar-refractivity contribution in [2.75, 3.05) is 45.9 Å². The van der Waals surface area contributed by atoms with Crippen molar-refractivity contribution in [2.24, 2.45) is 0 Å². The van der Waals surface area contributed by atoms with Gasteiger partial charge in [0.1, 0.15) is 5.82 Å². The fourth-order valence-electron chi connectivity index (χ4n) is 4.55. The number of benzene rings is 1. The van der Waals surface area contributed by atoms with Crippen molar-refractivity contribution >= 4 is 5.91 Å². The van der Waals surface area contributed by atoms with E-state index in [1.54, 1.807) is 6.07 Å². The van der Waals surface area contributed by atoms with Crippen LogP contribution in [0.5, 0.6) is 0 Å². The van der Waals surface area contributed by atoms with Gasteiger partial charge >= 0.3 is 0 Å². The molecule has 2 aliphatic rings. The van der Waals surface area contributed by atoms with Gasteiger partial charge in [-0.25, -0.2) is 4.39 Å². The van der Waals surface area contributed by atoms with Crippen molar-refractivity contribution in [3.63, 3.8) is 0 Å². The predicted molar refractivity (Wildman–Crippen MR) is 109 cm³/mol. The van der Waals surface area contributed by atoms with E-state index in [1.807, 2.05) is 17.9 Å². The lowest BCUT2D eigenvalue weighted by molar-refractivity contribution is -0.123. The summed E-state index contributed by atoms with van der Waals surface area (Å²) in [5, 5.41) is 3.22. The molecule has 1 amide bonds. The standard InChI is InChI=1S/C22H34FN3O2/c1-2-25(16-19-7-6-8-20(23)15-19)17-21(27)24-18-22(9-4-3-5-10-22)26-11-13-28-14-12-26/h6-8,15H,2-5,9-14,16-18H2,1H3,(H,24,27). The Labute approximate surface area is 168 Å². The number of amides is 1. The fourth-order valence-corrected chi connectivity index (χ4v) is 4.55. The summed E-state index contributed by atoms with van der Waals surface area (Å²) in [4.78, 5) is 17.3. The zero-order chi connectivity index (χ0) is 19.8. The number of hydrogen-bond acceptors (Lipinski definition) is 4. The molecule has 1 saturated heterocycles. The molecule has 0 aromatic heterocycles. The van der Waals surface area contributed by atoms with Crippen LogP contribution in [-0.2, 0) is 16.1 Å². The van der Waals surface area contributed by atoms with Gasteiger partial charge in [-0.1, -0.05) is 38.3 Å². The SMILES string of the molecule is CCN(CC(=O)NCC1(N2CCOCC2)CCCCC1)Cc1cccc(F)c1. The smallest absolute Gasteiger partial charge is 0.234 e. The number of likely N-dealkylation sites (N-methyl/N-ethyl adjacent to an activating group) is 1. The molecule has 3 rings (SSSR count). The molecule has 1 saturated carbocycles. The number of ether oxygens (including phenoxy) is 1. The fraction of sp³-hybridized carbons (Fsp3) is 0.682. The lowest BCUT2D eigenvalue weighted by Gasteiger charge is -2.48. The monoisotopic (exact) mass is 391 g/mol. The second kappa shape index (κ2) is 10.3. The molecule has 28 heavy (non-hydrogen) atoms. The van der Waals surface area contributed by atoms with Gasteiger partial charge in [0.25, 0.3) is 0 Å². The summed E-state index contributed by atoms with van der Waals surface area (Å²) in [6.45, 7) is 7.89. The molecule has 5 nitrogen and oxygen atoms in total. The molecule has 2 fully saturated rings. The van der Waals surface area contributed by atoms with E-state index < -0.39 is 0 Å². The maximum atomic E-state index is 13.4. The third kappa shape index (κ3) is 5.75. The highest BCUT2D eigenvalue weighted by molar-refractivity contribution is 5.78. The van der Waals surface area contributed by atoms with Gasteiger partial charge in [0.05, 0.1) is 19.8 Å². The van der Waals surface area contributed by atoms with Crippen LogP contribution in [0.4, 0.5) is 4.39 Å². The third-order valence-corrected chi connectivity index (χ3v) is 6.19. The van der Waals surface area contributed by atoms with Gasteiger partial charge in [0, 0.05) is 31.7 Å². The van der Waals surface area contributed by atoms with Gasteiger partial charge < -0.3 is 10.1 Å². The number of nitrogens with one attached hydrogen (secondary N) is 1. The number of halogens is 1. The Morgan fingerprint density at radius 1 is 1.25 bits per heavy atom. The van der Waals surface area contributed by atoms with E-state index in [0.717, 1.165) is 51.3 Å². The van der Waals surface area contributed by atoms with E-state index in [0.29, 0.717) is 19.6 Å². The van der Waals surface area contributed by atoms with Crippen molar-refractivity contribution in [3.8, 4) is 0 Å². The summed E-state index contributed by atoms with van der Waals surface area (Å²) in [5.74, 6) is -0.181. The zero-order valence-corrected chi connectivity index (χ0v) is 17.1. The van der Waals surface area contributed by atoms with Crippen molar-refractivity contribution in [1.29, 1.82) is 0 Å². The molecule has 0 atom stereocenters. The average Bonchev–Trinajstić information content (AvgIpc) is 2.73. The molecule has 0 unspecified atom stereocenters. The van der Waals surface area contributed by atoms with Gasteiger partial charge in [-0.05, 0) is 37.1 Å². The molecule has 1 aliphatic heterocycles. The van der Waals surface area contributed by atoms with E-state index in [1.165, 1.54) is 31.4 Å². The van der Waals surface area contributed by atoms with Crippen LogP contribution in [0, 0.1) is 5.82 Å². The first-order chi connectivity index (χ1) is 13.6. The molecule has 1 aromatic carbocycles. The Balaban J connectivity index is 1.54. The van der Waals surface area contributed by atoms with Crippen molar-refractivity contribution in [3.05, 3.63) is 35.6 Å². The number of hydrogen-bond donors (Lipinski definition) is 1. The van der Waals surface area contributed by atoms with Crippen LogP contribution < -0.4 is 5.32 Å². The highest BCUT2D eigenvalue weighted by Crippen LogP contribution is 2.33. The van der Waals surface area contributed by atoms with Crippen molar-refractivity contribution in [2.45, 2.75) is 51.1 Å². The average molecular weight is 392 g/mol. The summed E-state index contributed by atoms with van der Waals surface area (Å²) in [5.41, 5.74) is 0.976. The first kappa shape index (κ1) is 21.2. The van der Waals surface area contributed by atoms with Gasteiger partial charge in [-0.3, -0.25) is 14.6 Å². The summed E-state index contributed by atoms with van der Waals surface area (Å²) in [7, 11) is 0. The summed E-state index contributed by atoms with van der Waals surface area (Å²) in [6.07, 6.45) is 6.04. The van der Waals surface area contributed by atoms with Gasteiger partial charge in [-0.15, -0.1) is 0 Å². The molecule has 1 aromatic rings. The molecule has 0 spiro atoms. The van der Waals surface area contributed by atoms with Crippen molar-refractivity contribution < 1.29 is 13.9 Å². The van der Waals surface area contributed by atoms with Crippen LogP contribution in [0.1, 0.15) is 44.6 Å². The molecule has 0 radical (unpaired) electrons. The van der Waals surface area contributed by atoms with Crippen LogP contribution >= 0.6 is 0 Å². The maximum Gasteiger partial charge on any atom is 0.234 e. The second-order valence-corrected chi connectivity index (χ2v) is 8.09.